The van der Waals surface area contributed by atoms with Crippen LogP contribution in [0.15, 0.2) is 40.7 Å². The first kappa shape index (κ1) is 12.7. The van der Waals surface area contributed by atoms with Crippen molar-refractivity contribution in [2.24, 2.45) is 4.99 Å². The molecular formula is C15H20N2O. The molecular weight excluding hydrogens is 224 g/mol. The van der Waals surface area contributed by atoms with E-state index in [0.29, 0.717) is 0 Å². The molecule has 1 N–H and O–H groups in total. The van der Waals surface area contributed by atoms with Gasteiger partial charge in [-0.25, -0.2) is 0 Å². The number of aliphatic imine (C=N–C) groups is 1. The Morgan fingerprint density at radius 1 is 1.22 bits per heavy atom. The van der Waals surface area contributed by atoms with Crippen LogP contribution < -0.4 is 10.1 Å². The van der Waals surface area contributed by atoms with Gasteiger partial charge in [0, 0.05) is 0 Å². The quantitative estimate of drug-likeness (QED) is 0.760. The van der Waals surface area contributed by atoms with E-state index in [1.807, 2.05) is 39.1 Å². The monoisotopic (exact) mass is 244 g/mol. The van der Waals surface area contributed by atoms with Crippen molar-refractivity contribution in [3.63, 3.8) is 0 Å². The molecule has 18 heavy (non-hydrogen) atoms. The van der Waals surface area contributed by atoms with Gasteiger partial charge in [0.2, 0.25) is 0 Å². The Hall–Kier alpha value is -1.77. The number of hydrogen-bond acceptors (Lipinski definition) is 3. The molecule has 3 heteroatoms. The van der Waals surface area contributed by atoms with Gasteiger partial charge in [-0.15, -0.1) is 0 Å². The van der Waals surface area contributed by atoms with Gasteiger partial charge in [-0.3, -0.25) is 4.99 Å². The van der Waals surface area contributed by atoms with Gasteiger partial charge in [0.1, 0.15) is 11.9 Å². The summed E-state index contributed by atoms with van der Waals surface area (Å²) in [5.41, 5.74) is 2.43. The van der Waals surface area contributed by atoms with E-state index >= 15 is 0 Å². The third kappa shape index (κ3) is 2.55. The van der Waals surface area contributed by atoms with Crippen LogP contribution in [0.25, 0.3) is 0 Å². The summed E-state index contributed by atoms with van der Waals surface area (Å²) in [5, 5.41) is 3.35. The number of para-hydroxylation sites is 1. The first-order valence-corrected chi connectivity index (χ1v) is 6.61. The van der Waals surface area contributed by atoms with Crippen LogP contribution in [0.1, 0.15) is 32.8 Å². The second-order valence-corrected chi connectivity index (χ2v) is 4.15. The molecule has 96 valence electrons. The minimum Gasteiger partial charge on any atom is -0.454 e. The number of ether oxygens (including phenoxy) is 1. The highest BCUT2D eigenvalue weighted by Crippen LogP contribution is 2.28. The maximum atomic E-state index is 5.88. The molecule has 3 nitrogen and oxygen atoms in total. The van der Waals surface area contributed by atoms with Crippen molar-refractivity contribution in [3.05, 3.63) is 41.3 Å². The zero-order valence-electron chi connectivity index (χ0n) is 11.2. The molecule has 2 aliphatic rings. The molecule has 1 atom stereocenters. The van der Waals surface area contributed by atoms with Crippen LogP contribution in [0.4, 0.5) is 0 Å². The van der Waals surface area contributed by atoms with Crippen molar-refractivity contribution in [2.45, 2.75) is 39.8 Å². The lowest BCUT2D eigenvalue weighted by molar-refractivity contribution is 0.434. The Bertz CT molecular complexity index is 477. The normalized spacial score (nSPS) is 20.5. The van der Waals surface area contributed by atoms with Gasteiger partial charge >= 0.3 is 0 Å². The van der Waals surface area contributed by atoms with Gasteiger partial charge in [-0.2, -0.15) is 0 Å². The van der Waals surface area contributed by atoms with Gasteiger partial charge < -0.3 is 10.1 Å². The van der Waals surface area contributed by atoms with E-state index < -0.39 is 0 Å². The minimum atomic E-state index is 0.156. The molecule has 0 amide bonds. The maximum absolute atomic E-state index is 5.88. The summed E-state index contributed by atoms with van der Waals surface area (Å²) in [6.45, 7) is 6.04. The van der Waals surface area contributed by atoms with E-state index in [1.165, 1.54) is 11.3 Å². The molecule has 1 aromatic carbocycles. The third-order valence-electron chi connectivity index (χ3n) is 2.93. The Kier molecular flexibility index (Phi) is 4.03. The maximum Gasteiger partial charge on any atom is 0.164 e. The van der Waals surface area contributed by atoms with Crippen LogP contribution in [-0.4, -0.2) is 12.4 Å². The van der Waals surface area contributed by atoms with E-state index in [-0.39, 0.29) is 6.17 Å². The first-order valence-electron chi connectivity index (χ1n) is 6.61. The largest absolute Gasteiger partial charge is 0.454 e. The molecule has 0 bridgehead atoms. The molecule has 0 aliphatic carbocycles. The summed E-state index contributed by atoms with van der Waals surface area (Å²) in [7, 11) is 0. The van der Waals surface area contributed by atoms with Crippen LogP contribution in [0.2, 0.25) is 0 Å². The Balaban J connectivity index is 0.000000574. The van der Waals surface area contributed by atoms with Crippen molar-refractivity contribution in [2.75, 3.05) is 0 Å². The average Bonchev–Trinajstić information content (AvgIpc) is 2.60. The fraction of sp³-hybridized carbons (Fsp3) is 0.400. The summed E-state index contributed by atoms with van der Waals surface area (Å²) in [6, 6.07) is 8.18. The number of nitrogens with one attached hydrogen (secondary N) is 1. The highest BCUT2D eigenvalue weighted by atomic mass is 16.5. The van der Waals surface area contributed by atoms with E-state index in [9.17, 15) is 0 Å². The average molecular weight is 244 g/mol. The molecule has 1 aromatic rings. The van der Waals surface area contributed by atoms with Crippen molar-refractivity contribution in [1.82, 2.24) is 5.32 Å². The number of hydrogen-bond donors (Lipinski definition) is 1. The lowest BCUT2D eigenvalue weighted by atomic mass is 10.1. The summed E-state index contributed by atoms with van der Waals surface area (Å²) in [6.07, 6.45) is 3.99. The molecule has 2 aliphatic heterocycles. The molecule has 0 aromatic heterocycles. The zero-order chi connectivity index (χ0) is 13.0. The molecule has 0 saturated heterocycles. The van der Waals surface area contributed by atoms with Crippen LogP contribution in [0, 0.1) is 0 Å². The summed E-state index contributed by atoms with van der Waals surface area (Å²) in [5.74, 6) is 1.82. The molecule has 0 saturated carbocycles. The predicted octanol–water partition coefficient (Wildman–Crippen LogP) is 3.27. The predicted molar refractivity (Wildman–Crippen MR) is 74.9 cm³/mol. The van der Waals surface area contributed by atoms with Crippen LogP contribution in [0.3, 0.4) is 0 Å². The lowest BCUT2D eigenvalue weighted by Gasteiger charge is -2.19. The number of benzene rings is 1. The second kappa shape index (κ2) is 5.71. The Morgan fingerprint density at radius 3 is 2.83 bits per heavy atom. The molecule has 0 spiro atoms. The lowest BCUT2D eigenvalue weighted by Crippen LogP contribution is -2.29. The highest BCUT2D eigenvalue weighted by Gasteiger charge is 2.19. The number of aryl methyl sites for hydroxylation is 1. The summed E-state index contributed by atoms with van der Waals surface area (Å²) >= 11 is 0. The fourth-order valence-corrected chi connectivity index (χ4v) is 2.09. The van der Waals surface area contributed by atoms with Crippen LogP contribution in [0.5, 0.6) is 5.75 Å². The van der Waals surface area contributed by atoms with E-state index in [0.717, 1.165) is 24.4 Å². The second-order valence-electron chi connectivity index (χ2n) is 4.15. The number of allylic oxidation sites excluding steroid dienone is 2. The van der Waals surface area contributed by atoms with Crippen LogP contribution in [-0.2, 0) is 6.42 Å². The third-order valence-corrected chi connectivity index (χ3v) is 2.93. The SMILES string of the molecule is CC.CC1N=CC2=C(CCc3ccccc3O2)N1. The zero-order valence-corrected chi connectivity index (χ0v) is 11.2. The Morgan fingerprint density at radius 2 is 2.00 bits per heavy atom. The van der Waals surface area contributed by atoms with Gasteiger partial charge in [0.15, 0.2) is 5.76 Å². The molecule has 0 fully saturated rings. The molecule has 3 rings (SSSR count). The van der Waals surface area contributed by atoms with Gasteiger partial charge in [-0.1, -0.05) is 32.0 Å². The molecule has 2 heterocycles. The minimum absolute atomic E-state index is 0.156. The van der Waals surface area contributed by atoms with Crippen LogP contribution >= 0.6 is 0 Å². The van der Waals surface area contributed by atoms with E-state index in [1.54, 1.807) is 0 Å². The van der Waals surface area contributed by atoms with Crippen molar-refractivity contribution < 1.29 is 4.74 Å². The highest BCUT2D eigenvalue weighted by molar-refractivity contribution is 5.79. The van der Waals surface area contributed by atoms with Gasteiger partial charge in [0.25, 0.3) is 0 Å². The number of fused-ring (bicyclic) bond motifs is 1. The van der Waals surface area contributed by atoms with E-state index in [4.69, 9.17) is 4.74 Å². The number of nitrogens with zero attached hydrogens (tertiary/aromatic N) is 1. The van der Waals surface area contributed by atoms with Crippen molar-refractivity contribution >= 4 is 6.21 Å². The molecule has 0 radical (unpaired) electrons. The topological polar surface area (TPSA) is 33.6 Å². The van der Waals surface area contributed by atoms with Gasteiger partial charge in [0.05, 0.1) is 11.9 Å². The molecule has 1 unspecified atom stereocenters. The van der Waals surface area contributed by atoms with E-state index in [2.05, 4.69) is 22.4 Å². The standard InChI is InChI=1S/C13H14N2O.C2H6/c1-9-14-8-13-11(15-9)7-6-10-4-2-3-5-12(10)16-13;1-2/h2-5,8-9,15H,6-7H2,1H3;1-2H3. The first-order chi connectivity index (χ1) is 8.83. The van der Waals surface area contributed by atoms with Crippen molar-refractivity contribution in [3.8, 4) is 5.75 Å². The number of rotatable bonds is 0. The summed E-state index contributed by atoms with van der Waals surface area (Å²) in [4.78, 5) is 4.31. The van der Waals surface area contributed by atoms with Gasteiger partial charge in [-0.05, 0) is 31.4 Å². The Labute approximate surface area is 109 Å². The van der Waals surface area contributed by atoms with Crippen molar-refractivity contribution in [1.29, 1.82) is 0 Å². The smallest absolute Gasteiger partial charge is 0.164 e. The fourth-order valence-electron chi connectivity index (χ4n) is 2.09. The summed E-state index contributed by atoms with van der Waals surface area (Å²) < 4.78 is 5.88.